The third-order valence-electron chi connectivity index (χ3n) is 4.36. The van der Waals surface area contributed by atoms with Crippen LogP contribution < -0.4 is 9.64 Å². The normalized spacial score (nSPS) is 19.2. The van der Waals surface area contributed by atoms with Gasteiger partial charge in [0, 0.05) is 26.2 Å². The van der Waals surface area contributed by atoms with Crippen molar-refractivity contribution in [3.05, 3.63) is 18.2 Å². The summed E-state index contributed by atoms with van der Waals surface area (Å²) in [5.41, 5.74) is 0.956. The molecule has 0 radical (unpaired) electrons. The molecule has 1 aliphatic rings. The van der Waals surface area contributed by atoms with Crippen LogP contribution in [0.15, 0.2) is 18.2 Å². The van der Waals surface area contributed by atoms with Crippen molar-refractivity contribution in [2.45, 2.75) is 25.8 Å². The van der Waals surface area contributed by atoms with Crippen molar-refractivity contribution >= 4 is 36.7 Å². The molecule has 0 bridgehead atoms. The van der Waals surface area contributed by atoms with Crippen LogP contribution in [0.3, 0.4) is 0 Å². The molecule has 0 saturated carbocycles. The largest absolute Gasteiger partial charge is 0.494 e. The molecule has 1 aromatic heterocycles. The minimum Gasteiger partial charge on any atom is -0.494 e. The van der Waals surface area contributed by atoms with Crippen LogP contribution in [0.1, 0.15) is 19.8 Å². The summed E-state index contributed by atoms with van der Waals surface area (Å²) in [5, 5.41) is 0.949. The maximum Gasteiger partial charge on any atom is 0.211 e. The van der Waals surface area contributed by atoms with E-state index in [4.69, 9.17) is 9.72 Å². The van der Waals surface area contributed by atoms with Gasteiger partial charge in [0.15, 0.2) is 5.13 Å². The molecule has 0 N–H and O–H groups in total. The number of thiazole rings is 1. The molecule has 1 atom stereocenters. The van der Waals surface area contributed by atoms with E-state index in [1.165, 1.54) is 10.6 Å². The molecule has 1 fully saturated rings. The molecule has 1 aliphatic heterocycles. The number of likely N-dealkylation sites (N-methyl/N-ethyl adjacent to an activating group) is 1. The van der Waals surface area contributed by atoms with E-state index in [1.54, 1.807) is 18.4 Å². The Kier molecular flexibility index (Phi) is 4.98. The van der Waals surface area contributed by atoms with E-state index in [-0.39, 0.29) is 6.04 Å². The van der Waals surface area contributed by atoms with Gasteiger partial charge in [0.25, 0.3) is 0 Å². The van der Waals surface area contributed by atoms with Gasteiger partial charge in [0.05, 0.1) is 23.1 Å². The molecule has 0 amide bonds. The van der Waals surface area contributed by atoms with Crippen LogP contribution in [-0.2, 0) is 10.0 Å². The zero-order valence-corrected chi connectivity index (χ0v) is 15.9. The first-order valence-corrected chi connectivity index (χ1v) is 10.8. The van der Waals surface area contributed by atoms with Gasteiger partial charge >= 0.3 is 0 Å². The summed E-state index contributed by atoms with van der Waals surface area (Å²) >= 11 is 1.63. The molecule has 1 saturated heterocycles. The number of nitrogens with zero attached hydrogens (tertiary/aromatic N) is 3. The molecular formula is C16H23N3O3S2. The lowest BCUT2D eigenvalue weighted by Gasteiger charge is -2.36. The van der Waals surface area contributed by atoms with Gasteiger partial charge in [-0.05, 0) is 38.0 Å². The zero-order valence-electron chi connectivity index (χ0n) is 14.2. The molecule has 24 heavy (non-hydrogen) atoms. The van der Waals surface area contributed by atoms with Gasteiger partial charge in [-0.1, -0.05) is 11.3 Å². The fraction of sp³-hybridized carbons (Fsp3) is 0.562. The van der Waals surface area contributed by atoms with Gasteiger partial charge in [-0.15, -0.1) is 0 Å². The van der Waals surface area contributed by atoms with Gasteiger partial charge in [0.2, 0.25) is 10.0 Å². The van der Waals surface area contributed by atoms with Crippen molar-refractivity contribution in [3.8, 4) is 5.75 Å². The van der Waals surface area contributed by atoms with Gasteiger partial charge in [-0.25, -0.2) is 17.7 Å². The summed E-state index contributed by atoms with van der Waals surface area (Å²) in [5.74, 6) is 0.855. The highest BCUT2D eigenvalue weighted by molar-refractivity contribution is 7.88. The Bertz CT molecular complexity index is 819. The van der Waals surface area contributed by atoms with Crippen LogP contribution >= 0.6 is 11.3 Å². The smallest absolute Gasteiger partial charge is 0.211 e. The van der Waals surface area contributed by atoms with Crippen LogP contribution in [0, 0.1) is 0 Å². The quantitative estimate of drug-likeness (QED) is 0.810. The maximum absolute atomic E-state index is 11.8. The van der Waals surface area contributed by atoms with E-state index >= 15 is 0 Å². The monoisotopic (exact) mass is 369 g/mol. The van der Waals surface area contributed by atoms with E-state index in [9.17, 15) is 8.42 Å². The van der Waals surface area contributed by atoms with Gasteiger partial charge in [-0.2, -0.15) is 0 Å². The molecule has 132 valence electrons. The van der Waals surface area contributed by atoms with Crippen molar-refractivity contribution in [2.24, 2.45) is 0 Å². The van der Waals surface area contributed by atoms with Crippen molar-refractivity contribution in [3.63, 3.8) is 0 Å². The Hall–Kier alpha value is -1.38. The second-order valence-electron chi connectivity index (χ2n) is 6.08. The lowest BCUT2D eigenvalue weighted by Crippen LogP contribution is -2.48. The van der Waals surface area contributed by atoms with Crippen LogP contribution in [-0.4, -0.2) is 56.7 Å². The molecule has 0 spiro atoms. The minimum atomic E-state index is -3.17. The number of ether oxygens (including phenoxy) is 1. The molecule has 6 nitrogen and oxygen atoms in total. The Morgan fingerprint density at radius 3 is 2.96 bits per heavy atom. The predicted molar refractivity (Wildman–Crippen MR) is 98.6 cm³/mol. The summed E-state index contributed by atoms with van der Waals surface area (Å²) in [4.78, 5) is 6.91. The van der Waals surface area contributed by atoms with Crippen molar-refractivity contribution in [1.82, 2.24) is 9.29 Å². The summed E-state index contributed by atoms with van der Waals surface area (Å²) in [6.45, 7) is 4.20. The fourth-order valence-corrected chi connectivity index (χ4v) is 4.72. The maximum atomic E-state index is 11.8. The minimum absolute atomic E-state index is 0.000233. The first-order valence-electron chi connectivity index (χ1n) is 8.10. The third kappa shape index (κ3) is 3.65. The molecule has 1 unspecified atom stereocenters. The van der Waals surface area contributed by atoms with Crippen LogP contribution in [0.5, 0.6) is 5.75 Å². The number of aromatic nitrogens is 1. The van der Waals surface area contributed by atoms with E-state index in [0.29, 0.717) is 13.2 Å². The predicted octanol–water partition coefficient (Wildman–Crippen LogP) is 2.56. The van der Waals surface area contributed by atoms with Crippen molar-refractivity contribution < 1.29 is 13.2 Å². The molecule has 3 rings (SSSR count). The van der Waals surface area contributed by atoms with E-state index in [1.807, 2.05) is 25.1 Å². The number of rotatable bonds is 5. The summed E-state index contributed by atoms with van der Waals surface area (Å²) < 4.78 is 31.7. The Balaban J connectivity index is 1.81. The summed E-state index contributed by atoms with van der Waals surface area (Å²) in [7, 11) is -1.51. The Labute approximate surface area is 147 Å². The molecule has 1 aromatic carbocycles. The molecule has 2 heterocycles. The fourth-order valence-electron chi connectivity index (χ4n) is 2.98. The lowest BCUT2D eigenvalue weighted by molar-refractivity contribution is 0.322. The average molecular weight is 370 g/mol. The second kappa shape index (κ2) is 6.85. The van der Waals surface area contributed by atoms with Gasteiger partial charge in [-0.3, -0.25) is 0 Å². The highest BCUT2D eigenvalue weighted by Gasteiger charge is 2.29. The Morgan fingerprint density at radius 1 is 1.46 bits per heavy atom. The van der Waals surface area contributed by atoms with Crippen molar-refractivity contribution in [1.29, 1.82) is 0 Å². The SMILES string of the molecule is CCOc1ccc2nc(N3CCCC(N(C)S(C)(=O)=O)C3)sc2c1. The molecular weight excluding hydrogens is 346 g/mol. The number of fused-ring (bicyclic) bond motifs is 1. The molecule has 8 heteroatoms. The standard InChI is InChI=1S/C16H23N3O3S2/c1-4-22-13-7-8-14-15(10-13)23-16(17-14)19-9-5-6-12(11-19)18(2)24(3,20)21/h7-8,10,12H,4-6,9,11H2,1-3H3. The first-order chi connectivity index (χ1) is 11.4. The van der Waals surface area contributed by atoms with Crippen LogP contribution in [0.2, 0.25) is 0 Å². The number of hydrogen-bond acceptors (Lipinski definition) is 6. The molecule has 2 aromatic rings. The lowest BCUT2D eigenvalue weighted by atomic mass is 10.1. The highest BCUT2D eigenvalue weighted by Crippen LogP contribution is 2.33. The number of hydrogen-bond donors (Lipinski definition) is 0. The second-order valence-corrected chi connectivity index (χ2v) is 9.13. The number of benzene rings is 1. The Morgan fingerprint density at radius 2 is 2.25 bits per heavy atom. The van der Waals surface area contributed by atoms with Crippen LogP contribution in [0.25, 0.3) is 10.2 Å². The number of anilines is 1. The van der Waals surface area contributed by atoms with Crippen LogP contribution in [0.4, 0.5) is 5.13 Å². The number of sulfonamides is 1. The highest BCUT2D eigenvalue weighted by atomic mass is 32.2. The first kappa shape index (κ1) is 17.4. The van der Waals surface area contributed by atoms with Crippen molar-refractivity contribution in [2.75, 3.05) is 37.9 Å². The molecule has 0 aliphatic carbocycles. The topological polar surface area (TPSA) is 62.7 Å². The zero-order chi connectivity index (χ0) is 17.3. The summed E-state index contributed by atoms with van der Waals surface area (Å²) in [6.07, 6.45) is 3.11. The summed E-state index contributed by atoms with van der Waals surface area (Å²) in [6, 6.07) is 5.93. The third-order valence-corrected chi connectivity index (χ3v) is 6.79. The number of piperidine rings is 1. The van der Waals surface area contributed by atoms with E-state index in [0.717, 1.165) is 40.5 Å². The van der Waals surface area contributed by atoms with Gasteiger partial charge in [0.1, 0.15) is 5.75 Å². The average Bonchev–Trinajstić information content (AvgIpc) is 2.97. The van der Waals surface area contributed by atoms with Gasteiger partial charge < -0.3 is 9.64 Å². The van der Waals surface area contributed by atoms with E-state index in [2.05, 4.69) is 4.90 Å². The van der Waals surface area contributed by atoms with E-state index < -0.39 is 10.0 Å².